The van der Waals surface area contributed by atoms with Crippen molar-refractivity contribution in [2.75, 3.05) is 7.05 Å². The maximum absolute atomic E-state index is 12.5. The van der Waals surface area contributed by atoms with E-state index in [0.717, 1.165) is 20.8 Å². The molecule has 0 fully saturated rings. The second kappa shape index (κ2) is 7.72. The van der Waals surface area contributed by atoms with Crippen molar-refractivity contribution in [1.82, 2.24) is 14.9 Å². The molecule has 1 amide bonds. The molecule has 0 atom stereocenters. The number of nitrogens with zero attached hydrogens (tertiary/aromatic N) is 3. The second-order valence-electron chi connectivity index (χ2n) is 6.49. The van der Waals surface area contributed by atoms with Gasteiger partial charge in [-0.1, -0.05) is 12.1 Å². The molecule has 0 aliphatic rings. The van der Waals surface area contributed by atoms with Gasteiger partial charge in [-0.2, -0.15) is 5.26 Å². The van der Waals surface area contributed by atoms with Crippen molar-refractivity contribution in [3.05, 3.63) is 62.0 Å². The Bertz CT molecular complexity index is 1070. The summed E-state index contributed by atoms with van der Waals surface area (Å²) in [6, 6.07) is 9.85. The van der Waals surface area contributed by atoms with Crippen LogP contribution in [-0.2, 0) is 17.8 Å². The van der Waals surface area contributed by atoms with Gasteiger partial charge in [-0.05, 0) is 43.5 Å². The monoisotopic (exact) mass is 380 g/mol. The first-order valence-electron chi connectivity index (χ1n) is 8.61. The third kappa shape index (κ3) is 3.91. The molecule has 2 heterocycles. The number of fused-ring (bicyclic) bond motifs is 1. The Hall–Kier alpha value is -2.98. The first-order chi connectivity index (χ1) is 12.9. The van der Waals surface area contributed by atoms with Gasteiger partial charge in [0.05, 0.1) is 16.8 Å². The third-order valence-electron chi connectivity index (χ3n) is 4.65. The number of nitrogens with one attached hydrogen (secondary N) is 1. The summed E-state index contributed by atoms with van der Waals surface area (Å²) < 4.78 is 1.11. The maximum Gasteiger partial charge on any atom is 0.266 e. The highest BCUT2D eigenvalue weighted by Gasteiger charge is 2.16. The number of carbonyl (C=O) groups excluding carboxylic acids is 1. The molecule has 0 aliphatic heterocycles. The number of pyridine rings is 1. The van der Waals surface area contributed by atoms with E-state index in [1.807, 2.05) is 30.3 Å². The molecule has 1 N–H and O–H groups in total. The number of hydrogen-bond donors (Lipinski definition) is 1. The summed E-state index contributed by atoms with van der Waals surface area (Å²) in [7, 11) is 1.77. The van der Waals surface area contributed by atoms with Crippen LogP contribution in [0.1, 0.15) is 33.8 Å². The minimum absolute atomic E-state index is 0.00207. The summed E-state index contributed by atoms with van der Waals surface area (Å²) in [6.45, 7) is 4.01. The molecule has 3 aromatic rings. The number of amides is 1. The van der Waals surface area contributed by atoms with Crippen LogP contribution in [0.5, 0.6) is 0 Å². The molecule has 0 unspecified atom stereocenters. The minimum atomic E-state index is -0.379. The smallest absolute Gasteiger partial charge is 0.266 e. The fourth-order valence-corrected chi connectivity index (χ4v) is 4.14. The molecule has 0 radical (unpaired) electrons. The van der Waals surface area contributed by atoms with E-state index in [2.05, 4.69) is 9.97 Å². The standard InChI is InChI=1S/C20H20N4O2S/c1-12-14(13(2)22-20(26)15(12)10-21)8-9-19(25)24(3)11-18-23-16-6-4-5-7-17(16)27-18/h4-7H,8-9,11H2,1-3H3,(H,22,26). The summed E-state index contributed by atoms with van der Waals surface area (Å²) in [5.41, 5.74) is 2.90. The molecule has 0 saturated heterocycles. The van der Waals surface area contributed by atoms with Crippen LogP contribution in [0.2, 0.25) is 0 Å². The van der Waals surface area contributed by atoms with Crippen molar-refractivity contribution < 1.29 is 4.79 Å². The molecule has 2 aromatic heterocycles. The van der Waals surface area contributed by atoms with Gasteiger partial charge in [0.2, 0.25) is 5.91 Å². The largest absolute Gasteiger partial charge is 0.339 e. The number of nitriles is 1. The number of benzene rings is 1. The molecule has 0 saturated carbocycles. The Morgan fingerprint density at radius 3 is 2.78 bits per heavy atom. The van der Waals surface area contributed by atoms with Crippen LogP contribution < -0.4 is 5.56 Å². The Morgan fingerprint density at radius 2 is 2.07 bits per heavy atom. The average molecular weight is 380 g/mol. The van der Waals surface area contributed by atoms with E-state index >= 15 is 0 Å². The summed E-state index contributed by atoms with van der Waals surface area (Å²) in [5.74, 6) is -0.00207. The number of hydrogen-bond acceptors (Lipinski definition) is 5. The Labute approximate surface area is 161 Å². The first kappa shape index (κ1) is 18.8. The molecular formula is C20H20N4O2S. The lowest BCUT2D eigenvalue weighted by atomic mass is 9.99. The number of aromatic amines is 1. The molecule has 1 aromatic carbocycles. The van der Waals surface area contributed by atoms with E-state index in [1.54, 1.807) is 37.1 Å². The fraction of sp³-hybridized carbons (Fsp3) is 0.300. The van der Waals surface area contributed by atoms with Crippen LogP contribution in [0.15, 0.2) is 29.1 Å². The van der Waals surface area contributed by atoms with Crippen molar-refractivity contribution in [1.29, 1.82) is 5.26 Å². The van der Waals surface area contributed by atoms with E-state index in [1.165, 1.54) is 0 Å². The lowest BCUT2D eigenvalue weighted by Crippen LogP contribution is -2.26. The number of para-hydroxylation sites is 1. The zero-order chi connectivity index (χ0) is 19.6. The van der Waals surface area contributed by atoms with Crippen LogP contribution >= 0.6 is 11.3 Å². The lowest BCUT2D eigenvalue weighted by Gasteiger charge is -2.17. The summed E-state index contributed by atoms with van der Waals surface area (Å²) in [4.78, 5) is 33.3. The molecule has 0 aliphatic carbocycles. The number of rotatable bonds is 5. The summed E-state index contributed by atoms with van der Waals surface area (Å²) in [5, 5.41) is 10.1. The molecule has 0 spiro atoms. The van der Waals surface area contributed by atoms with Crippen molar-refractivity contribution in [3.63, 3.8) is 0 Å². The maximum atomic E-state index is 12.5. The summed E-state index contributed by atoms with van der Waals surface area (Å²) in [6.07, 6.45) is 0.784. The van der Waals surface area contributed by atoms with Crippen LogP contribution in [0, 0.1) is 25.2 Å². The van der Waals surface area contributed by atoms with Crippen LogP contribution in [0.3, 0.4) is 0 Å². The highest BCUT2D eigenvalue weighted by Crippen LogP contribution is 2.22. The van der Waals surface area contributed by atoms with Gasteiger partial charge in [-0.15, -0.1) is 11.3 Å². The highest BCUT2D eigenvalue weighted by molar-refractivity contribution is 7.18. The third-order valence-corrected chi connectivity index (χ3v) is 5.67. The van der Waals surface area contributed by atoms with E-state index < -0.39 is 0 Å². The first-order valence-corrected chi connectivity index (χ1v) is 9.43. The Kier molecular flexibility index (Phi) is 5.38. The molecule has 7 heteroatoms. The van der Waals surface area contributed by atoms with Gasteiger partial charge >= 0.3 is 0 Å². The van der Waals surface area contributed by atoms with Crippen LogP contribution in [0.4, 0.5) is 0 Å². The Balaban J connectivity index is 1.69. The van der Waals surface area contributed by atoms with E-state index in [0.29, 0.717) is 30.6 Å². The lowest BCUT2D eigenvalue weighted by molar-refractivity contribution is -0.130. The normalized spacial score (nSPS) is 10.7. The fourth-order valence-electron chi connectivity index (χ4n) is 3.12. The highest BCUT2D eigenvalue weighted by atomic mass is 32.1. The van der Waals surface area contributed by atoms with E-state index in [4.69, 9.17) is 5.26 Å². The van der Waals surface area contributed by atoms with Crippen LogP contribution in [-0.4, -0.2) is 27.8 Å². The van der Waals surface area contributed by atoms with Gasteiger partial charge in [-0.25, -0.2) is 4.98 Å². The quantitative estimate of drug-likeness (QED) is 0.736. The summed E-state index contributed by atoms with van der Waals surface area (Å²) >= 11 is 1.59. The van der Waals surface area contributed by atoms with Gasteiger partial charge in [0, 0.05) is 19.2 Å². The molecule has 138 valence electrons. The molecule has 27 heavy (non-hydrogen) atoms. The van der Waals surface area contributed by atoms with E-state index in [9.17, 15) is 9.59 Å². The van der Waals surface area contributed by atoms with Gasteiger partial charge in [0.15, 0.2) is 0 Å². The predicted octanol–water partition coefficient (Wildman–Crippen LogP) is 3.06. The van der Waals surface area contributed by atoms with Gasteiger partial charge in [-0.3, -0.25) is 9.59 Å². The topological polar surface area (TPSA) is 89.8 Å². The average Bonchev–Trinajstić information content (AvgIpc) is 3.03. The molecule has 0 bridgehead atoms. The van der Waals surface area contributed by atoms with Crippen molar-refractivity contribution in [2.45, 2.75) is 33.2 Å². The number of carbonyl (C=O) groups is 1. The zero-order valence-electron chi connectivity index (χ0n) is 15.5. The van der Waals surface area contributed by atoms with Crippen molar-refractivity contribution >= 4 is 27.5 Å². The number of aryl methyl sites for hydroxylation is 1. The molecule has 6 nitrogen and oxygen atoms in total. The number of H-pyrrole nitrogens is 1. The second-order valence-corrected chi connectivity index (χ2v) is 7.61. The molecular weight excluding hydrogens is 360 g/mol. The minimum Gasteiger partial charge on any atom is -0.339 e. The van der Waals surface area contributed by atoms with Gasteiger partial charge < -0.3 is 9.88 Å². The number of thiazole rings is 1. The number of aromatic nitrogens is 2. The van der Waals surface area contributed by atoms with Crippen LogP contribution in [0.25, 0.3) is 10.2 Å². The SMILES string of the molecule is Cc1[nH]c(=O)c(C#N)c(C)c1CCC(=O)N(C)Cc1nc2ccccc2s1. The van der Waals surface area contributed by atoms with Crippen molar-refractivity contribution in [2.24, 2.45) is 0 Å². The van der Waals surface area contributed by atoms with Gasteiger partial charge in [0.1, 0.15) is 16.6 Å². The Morgan fingerprint density at radius 1 is 1.33 bits per heavy atom. The molecule has 3 rings (SSSR count). The zero-order valence-corrected chi connectivity index (χ0v) is 16.3. The van der Waals surface area contributed by atoms with Crippen molar-refractivity contribution in [3.8, 4) is 6.07 Å². The van der Waals surface area contributed by atoms with E-state index in [-0.39, 0.29) is 17.0 Å². The van der Waals surface area contributed by atoms with Gasteiger partial charge in [0.25, 0.3) is 5.56 Å². The predicted molar refractivity (Wildman–Crippen MR) is 106 cm³/mol.